The zero-order valence-corrected chi connectivity index (χ0v) is 21.1. The Morgan fingerprint density at radius 3 is 2.56 bits per heavy atom. The van der Waals surface area contributed by atoms with Crippen LogP contribution in [0.4, 0.5) is 4.79 Å². The number of fused-ring (bicyclic) bond motifs is 1. The minimum Gasteiger partial charge on any atom is -0.465 e. The monoisotopic (exact) mass is 492 g/mol. The molecule has 0 spiro atoms. The van der Waals surface area contributed by atoms with Gasteiger partial charge >= 0.3 is 12.1 Å². The first kappa shape index (κ1) is 25.3. The lowest BCUT2D eigenvalue weighted by Crippen LogP contribution is -2.33. The molecule has 0 saturated carbocycles. The van der Waals surface area contributed by atoms with Crippen molar-refractivity contribution in [3.63, 3.8) is 0 Å². The molecule has 0 aliphatic carbocycles. The molecule has 3 aromatic rings. The average molecular weight is 493 g/mol. The lowest BCUT2D eigenvalue weighted by molar-refractivity contribution is -0.161. The van der Waals surface area contributed by atoms with E-state index >= 15 is 0 Å². The molecule has 36 heavy (non-hydrogen) atoms. The number of aromatic nitrogens is 5. The number of nitrogens with zero attached hydrogens (tertiary/aromatic N) is 5. The third-order valence-corrected chi connectivity index (χ3v) is 6.28. The number of amides is 1. The number of hydrogen-bond acceptors (Lipinski definition) is 7. The van der Waals surface area contributed by atoms with Crippen molar-refractivity contribution in [2.75, 3.05) is 0 Å². The number of rotatable bonds is 8. The predicted molar refractivity (Wildman–Crippen MR) is 132 cm³/mol. The standard InChI is InChI=1S/C26H32N6O4/c1-5-6-20(24(33)36-26(2,3)4)21(23-28-30-31-29-23)11-16-7-10-22(27-13-16)17-8-9-18-14-32(25(34)35)15-19(18)12-17/h7-10,12-13,20-21H,5-6,11,14-15H2,1-4H3,(H,34,35)(H,28,29,30,31)/t20-,21-/m0/s1. The van der Waals surface area contributed by atoms with E-state index in [1.165, 1.54) is 4.90 Å². The number of ether oxygens (including phenoxy) is 1. The maximum absolute atomic E-state index is 13.1. The Kier molecular flexibility index (Phi) is 7.32. The first-order valence-corrected chi connectivity index (χ1v) is 12.2. The van der Waals surface area contributed by atoms with Crippen LogP contribution >= 0.6 is 0 Å². The molecule has 10 nitrogen and oxygen atoms in total. The molecule has 2 aromatic heterocycles. The molecule has 3 heterocycles. The highest BCUT2D eigenvalue weighted by molar-refractivity contribution is 5.74. The lowest BCUT2D eigenvalue weighted by Gasteiger charge is -2.28. The molecule has 0 radical (unpaired) electrons. The molecule has 1 aliphatic rings. The summed E-state index contributed by atoms with van der Waals surface area (Å²) in [6, 6.07) is 9.87. The second kappa shape index (κ2) is 10.4. The second-order valence-electron chi connectivity index (χ2n) is 10.2. The van der Waals surface area contributed by atoms with Gasteiger partial charge in [0.05, 0.1) is 11.6 Å². The minimum atomic E-state index is -0.917. The Hall–Kier alpha value is -3.82. The van der Waals surface area contributed by atoms with Crippen molar-refractivity contribution in [2.45, 2.75) is 71.6 Å². The molecule has 2 atom stereocenters. The summed E-state index contributed by atoms with van der Waals surface area (Å²) in [4.78, 5) is 30.5. The largest absolute Gasteiger partial charge is 0.465 e. The number of H-pyrrole nitrogens is 1. The van der Waals surface area contributed by atoms with Crippen LogP contribution in [0.1, 0.15) is 69.0 Å². The SMILES string of the molecule is CCC[C@H](C(=O)OC(C)(C)C)[C@H](Cc1ccc(-c2ccc3c(c2)CN(C(=O)O)C3)nc1)c1nnn[nH]1. The van der Waals surface area contributed by atoms with Gasteiger partial charge in [-0.25, -0.2) is 9.89 Å². The third kappa shape index (κ3) is 5.87. The van der Waals surface area contributed by atoms with Crippen LogP contribution in [-0.4, -0.2) is 53.3 Å². The third-order valence-electron chi connectivity index (χ3n) is 6.28. The van der Waals surface area contributed by atoms with Crippen LogP contribution in [0.25, 0.3) is 11.3 Å². The van der Waals surface area contributed by atoms with Gasteiger partial charge in [-0.2, -0.15) is 0 Å². The van der Waals surface area contributed by atoms with Gasteiger partial charge in [-0.3, -0.25) is 14.7 Å². The van der Waals surface area contributed by atoms with Gasteiger partial charge in [-0.15, -0.1) is 5.10 Å². The molecular weight excluding hydrogens is 460 g/mol. The Balaban J connectivity index is 1.55. The van der Waals surface area contributed by atoms with Gasteiger partial charge in [0.15, 0.2) is 5.82 Å². The summed E-state index contributed by atoms with van der Waals surface area (Å²) in [5, 5.41) is 23.7. The maximum Gasteiger partial charge on any atom is 0.407 e. The van der Waals surface area contributed by atoms with Crippen molar-refractivity contribution >= 4 is 12.1 Å². The van der Waals surface area contributed by atoms with Crippen LogP contribution in [0, 0.1) is 5.92 Å². The van der Waals surface area contributed by atoms with Gasteiger partial charge < -0.3 is 9.84 Å². The van der Waals surface area contributed by atoms with E-state index in [-0.39, 0.29) is 11.9 Å². The summed E-state index contributed by atoms with van der Waals surface area (Å²) >= 11 is 0. The van der Waals surface area contributed by atoms with E-state index in [1.807, 2.05) is 58.0 Å². The minimum absolute atomic E-state index is 0.260. The first-order valence-electron chi connectivity index (χ1n) is 12.2. The number of carbonyl (C=O) groups is 2. The van der Waals surface area contributed by atoms with E-state index in [0.29, 0.717) is 31.8 Å². The van der Waals surface area contributed by atoms with E-state index in [4.69, 9.17) is 4.74 Å². The smallest absolute Gasteiger partial charge is 0.407 e. The fraction of sp³-hybridized carbons (Fsp3) is 0.462. The van der Waals surface area contributed by atoms with E-state index < -0.39 is 17.6 Å². The van der Waals surface area contributed by atoms with Crippen LogP contribution in [0.3, 0.4) is 0 Å². The zero-order valence-electron chi connectivity index (χ0n) is 21.1. The number of carboxylic acid groups (broad SMARTS) is 1. The highest BCUT2D eigenvalue weighted by Gasteiger charge is 2.35. The van der Waals surface area contributed by atoms with Gasteiger partial charge in [0.2, 0.25) is 0 Å². The zero-order chi connectivity index (χ0) is 25.9. The highest BCUT2D eigenvalue weighted by atomic mass is 16.6. The van der Waals surface area contributed by atoms with Crippen molar-refractivity contribution in [1.29, 1.82) is 0 Å². The molecule has 1 aromatic carbocycles. The summed E-state index contributed by atoms with van der Waals surface area (Å²) in [7, 11) is 0. The van der Waals surface area contributed by atoms with Crippen LogP contribution in [0.15, 0.2) is 36.5 Å². The van der Waals surface area contributed by atoms with Gasteiger partial charge in [0.25, 0.3) is 0 Å². The van der Waals surface area contributed by atoms with Crippen molar-refractivity contribution in [3.05, 3.63) is 59.0 Å². The van der Waals surface area contributed by atoms with E-state index in [2.05, 4.69) is 25.6 Å². The number of tetrazole rings is 1. The molecule has 0 unspecified atom stereocenters. The molecule has 0 saturated heterocycles. The molecule has 190 valence electrons. The maximum atomic E-state index is 13.1. The Labute approximate surface area is 210 Å². The number of nitrogens with one attached hydrogen (secondary N) is 1. The number of hydrogen-bond donors (Lipinski definition) is 2. The Morgan fingerprint density at radius 2 is 1.94 bits per heavy atom. The van der Waals surface area contributed by atoms with Crippen LogP contribution in [0.5, 0.6) is 0 Å². The van der Waals surface area contributed by atoms with Gasteiger partial charge in [-0.1, -0.05) is 31.5 Å². The van der Waals surface area contributed by atoms with Crippen LogP contribution in [-0.2, 0) is 29.0 Å². The van der Waals surface area contributed by atoms with Crippen molar-refractivity contribution in [3.8, 4) is 11.3 Å². The lowest BCUT2D eigenvalue weighted by atomic mass is 9.83. The Morgan fingerprint density at radius 1 is 1.17 bits per heavy atom. The van der Waals surface area contributed by atoms with Gasteiger partial charge in [0.1, 0.15) is 5.60 Å². The second-order valence-corrected chi connectivity index (χ2v) is 10.2. The molecular formula is C26H32N6O4. The first-order chi connectivity index (χ1) is 17.1. The van der Waals surface area contributed by atoms with Crippen molar-refractivity contribution in [2.24, 2.45) is 5.92 Å². The van der Waals surface area contributed by atoms with E-state index in [0.717, 1.165) is 34.4 Å². The summed E-state index contributed by atoms with van der Waals surface area (Å²) in [5.74, 6) is -0.407. The number of carbonyl (C=O) groups excluding carboxylic acids is 1. The fourth-order valence-corrected chi connectivity index (χ4v) is 4.58. The molecule has 10 heteroatoms. The van der Waals surface area contributed by atoms with E-state index in [9.17, 15) is 14.7 Å². The number of aromatic amines is 1. The molecule has 1 amide bonds. The Bertz CT molecular complexity index is 1200. The molecule has 2 N–H and O–H groups in total. The number of benzene rings is 1. The van der Waals surface area contributed by atoms with Crippen molar-refractivity contribution < 1.29 is 19.4 Å². The fourth-order valence-electron chi connectivity index (χ4n) is 4.58. The van der Waals surface area contributed by atoms with Crippen molar-refractivity contribution in [1.82, 2.24) is 30.5 Å². The summed E-state index contributed by atoms with van der Waals surface area (Å²) in [6.07, 6.45) is 2.87. The summed E-state index contributed by atoms with van der Waals surface area (Å²) in [5.41, 5.74) is 4.10. The van der Waals surface area contributed by atoms with Crippen LogP contribution in [0.2, 0.25) is 0 Å². The number of pyridine rings is 1. The predicted octanol–water partition coefficient (Wildman–Crippen LogP) is 4.34. The number of esters is 1. The molecule has 0 bridgehead atoms. The summed E-state index contributed by atoms with van der Waals surface area (Å²) < 4.78 is 5.73. The van der Waals surface area contributed by atoms with E-state index in [1.54, 1.807) is 6.20 Å². The van der Waals surface area contributed by atoms with Gasteiger partial charge in [-0.05, 0) is 72.9 Å². The summed E-state index contributed by atoms with van der Waals surface area (Å²) in [6.45, 7) is 8.41. The molecule has 1 aliphatic heterocycles. The molecule has 4 rings (SSSR count). The van der Waals surface area contributed by atoms with Gasteiger partial charge in [0, 0.05) is 30.8 Å². The average Bonchev–Trinajstić information content (AvgIpc) is 3.50. The molecule has 0 fully saturated rings. The quantitative estimate of drug-likeness (QED) is 0.444. The van der Waals surface area contributed by atoms with Crippen LogP contribution < -0.4 is 0 Å². The topological polar surface area (TPSA) is 134 Å². The highest BCUT2D eigenvalue weighted by Crippen LogP contribution is 2.33. The normalized spacial score (nSPS) is 14.8.